The first-order valence-electron chi connectivity index (χ1n) is 8.00. The Balaban J connectivity index is 1.55. The number of nitrogens with zero attached hydrogens (tertiary/aromatic N) is 2. The number of para-hydroxylation sites is 1. The number of rotatable bonds is 1. The molecule has 0 aromatic heterocycles. The highest BCUT2D eigenvalue weighted by molar-refractivity contribution is 6.13. The monoisotopic (exact) mass is 296 g/mol. The summed E-state index contributed by atoms with van der Waals surface area (Å²) in [5, 5.41) is 2.57. The molecule has 0 spiro atoms. The number of amidine groups is 1. The highest BCUT2D eigenvalue weighted by Gasteiger charge is 2.28. The lowest BCUT2D eigenvalue weighted by Gasteiger charge is -2.24. The van der Waals surface area contributed by atoms with Gasteiger partial charge in [0.2, 0.25) is 0 Å². The van der Waals surface area contributed by atoms with E-state index in [1.54, 1.807) is 0 Å². The summed E-state index contributed by atoms with van der Waals surface area (Å²) in [5.41, 5.74) is 3.82. The number of hydrogen-bond donors (Lipinski definition) is 0. The van der Waals surface area contributed by atoms with Crippen LogP contribution < -0.4 is 4.90 Å². The quantitative estimate of drug-likeness (QED) is 0.628. The van der Waals surface area contributed by atoms with Gasteiger partial charge in [-0.05, 0) is 46.2 Å². The van der Waals surface area contributed by atoms with Gasteiger partial charge < -0.3 is 4.90 Å². The van der Waals surface area contributed by atoms with Gasteiger partial charge in [0, 0.05) is 5.69 Å². The number of aliphatic imine (C=N–C) groups is 1. The van der Waals surface area contributed by atoms with Crippen LogP contribution in [0.15, 0.2) is 77.8 Å². The first-order valence-corrected chi connectivity index (χ1v) is 8.00. The van der Waals surface area contributed by atoms with Crippen LogP contribution in [0.1, 0.15) is 17.2 Å². The Bertz CT molecular complexity index is 968. The molecule has 1 atom stereocenters. The fourth-order valence-electron chi connectivity index (χ4n) is 3.53. The number of hydrogen-bond acceptors (Lipinski definition) is 2. The van der Waals surface area contributed by atoms with Crippen molar-refractivity contribution < 1.29 is 0 Å². The second kappa shape index (κ2) is 4.82. The molecule has 2 heteroatoms. The summed E-state index contributed by atoms with van der Waals surface area (Å²) < 4.78 is 0. The van der Waals surface area contributed by atoms with Gasteiger partial charge in [-0.3, -0.25) is 4.99 Å². The molecule has 0 aliphatic carbocycles. The molecule has 0 N–H and O–H groups in total. The molecule has 2 heterocycles. The predicted molar refractivity (Wildman–Crippen MR) is 96.9 cm³/mol. The Labute approximate surface area is 135 Å². The van der Waals surface area contributed by atoms with Crippen molar-refractivity contribution in [3.05, 3.63) is 83.9 Å². The van der Waals surface area contributed by atoms with E-state index >= 15 is 0 Å². The van der Waals surface area contributed by atoms with E-state index in [9.17, 15) is 0 Å². The Morgan fingerprint density at radius 3 is 2.61 bits per heavy atom. The van der Waals surface area contributed by atoms with Crippen LogP contribution in [0, 0.1) is 0 Å². The second-order valence-corrected chi connectivity index (χ2v) is 6.11. The molecule has 3 aromatic rings. The molecule has 0 fully saturated rings. The van der Waals surface area contributed by atoms with Gasteiger partial charge in [-0.15, -0.1) is 0 Å². The van der Waals surface area contributed by atoms with Crippen LogP contribution in [-0.4, -0.2) is 12.4 Å². The summed E-state index contributed by atoms with van der Waals surface area (Å²) in [7, 11) is 0. The smallest absolute Gasteiger partial charge is 0.128 e. The lowest BCUT2D eigenvalue weighted by Crippen LogP contribution is -2.28. The van der Waals surface area contributed by atoms with E-state index in [0.717, 1.165) is 12.4 Å². The van der Waals surface area contributed by atoms with E-state index in [2.05, 4.69) is 83.8 Å². The zero-order valence-electron chi connectivity index (χ0n) is 12.7. The van der Waals surface area contributed by atoms with Gasteiger partial charge in [0.1, 0.15) is 5.84 Å². The fraction of sp³-hybridized carbons (Fsp3) is 0.0952. The lowest BCUT2D eigenvalue weighted by atomic mass is 10.0. The summed E-state index contributed by atoms with van der Waals surface area (Å²) in [4.78, 5) is 7.27. The average molecular weight is 296 g/mol. The SMILES string of the molecule is C1=Cc2ccccc2N2C[C@@H](c3ccc4ccccc4c3)N=C12. The zero-order chi connectivity index (χ0) is 15.2. The van der Waals surface area contributed by atoms with Gasteiger partial charge >= 0.3 is 0 Å². The van der Waals surface area contributed by atoms with Crippen molar-refractivity contribution in [2.75, 3.05) is 11.4 Å². The summed E-state index contributed by atoms with van der Waals surface area (Å²) >= 11 is 0. The van der Waals surface area contributed by atoms with Gasteiger partial charge in [-0.25, -0.2) is 0 Å². The topological polar surface area (TPSA) is 15.6 Å². The summed E-state index contributed by atoms with van der Waals surface area (Å²) in [6.07, 6.45) is 4.29. The molecule has 0 radical (unpaired) electrons. The molecule has 2 nitrogen and oxygen atoms in total. The van der Waals surface area contributed by atoms with Crippen molar-refractivity contribution in [2.45, 2.75) is 6.04 Å². The molecule has 23 heavy (non-hydrogen) atoms. The number of fused-ring (bicyclic) bond motifs is 4. The van der Waals surface area contributed by atoms with Gasteiger partial charge in [0.25, 0.3) is 0 Å². The Morgan fingerprint density at radius 2 is 1.65 bits per heavy atom. The van der Waals surface area contributed by atoms with Crippen LogP contribution >= 0.6 is 0 Å². The van der Waals surface area contributed by atoms with Crippen LogP contribution in [0.4, 0.5) is 5.69 Å². The molecule has 5 rings (SSSR count). The molecular formula is C21H16N2. The third kappa shape index (κ3) is 1.99. The van der Waals surface area contributed by atoms with Crippen molar-refractivity contribution in [1.82, 2.24) is 0 Å². The van der Waals surface area contributed by atoms with Crippen molar-refractivity contribution in [1.29, 1.82) is 0 Å². The van der Waals surface area contributed by atoms with Gasteiger partial charge in [0.05, 0.1) is 12.6 Å². The minimum absolute atomic E-state index is 0.199. The first kappa shape index (κ1) is 12.7. The first-order chi connectivity index (χ1) is 11.4. The van der Waals surface area contributed by atoms with Crippen LogP contribution in [0.25, 0.3) is 16.8 Å². The minimum atomic E-state index is 0.199. The Hall–Kier alpha value is -2.87. The molecule has 2 aliphatic rings. The molecular weight excluding hydrogens is 280 g/mol. The van der Waals surface area contributed by atoms with E-state index < -0.39 is 0 Å². The zero-order valence-corrected chi connectivity index (χ0v) is 12.7. The highest BCUT2D eigenvalue weighted by atomic mass is 15.3. The van der Waals surface area contributed by atoms with Gasteiger partial charge in [-0.2, -0.15) is 0 Å². The maximum absolute atomic E-state index is 4.94. The Morgan fingerprint density at radius 1 is 0.826 bits per heavy atom. The Kier molecular flexibility index (Phi) is 2.65. The maximum Gasteiger partial charge on any atom is 0.128 e. The molecule has 3 aromatic carbocycles. The minimum Gasteiger partial charge on any atom is -0.324 e. The van der Waals surface area contributed by atoms with Gasteiger partial charge in [0.15, 0.2) is 0 Å². The molecule has 0 amide bonds. The third-order valence-corrected chi connectivity index (χ3v) is 4.72. The lowest BCUT2D eigenvalue weighted by molar-refractivity contribution is 0.781. The third-order valence-electron chi connectivity index (χ3n) is 4.72. The molecule has 110 valence electrons. The number of anilines is 1. The predicted octanol–water partition coefficient (Wildman–Crippen LogP) is 4.83. The van der Waals surface area contributed by atoms with E-state index in [4.69, 9.17) is 4.99 Å². The van der Waals surface area contributed by atoms with Crippen molar-refractivity contribution in [2.24, 2.45) is 4.99 Å². The molecule has 0 saturated carbocycles. The second-order valence-electron chi connectivity index (χ2n) is 6.11. The van der Waals surface area contributed by atoms with Crippen LogP contribution in [-0.2, 0) is 0 Å². The highest BCUT2D eigenvalue weighted by Crippen LogP contribution is 2.35. The van der Waals surface area contributed by atoms with E-state index in [1.807, 2.05) is 0 Å². The van der Waals surface area contributed by atoms with Gasteiger partial charge in [-0.1, -0.05) is 54.6 Å². The molecule has 0 bridgehead atoms. The molecule has 0 saturated heterocycles. The normalized spacial score (nSPS) is 18.7. The van der Waals surface area contributed by atoms with Crippen molar-refractivity contribution in [3.8, 4) is 0 Å². The summed E-state index contributed by atoms with van der Waals surface area (Å²) in [5.74, 6) is 1.07. The van der Waals surface area contributed by atoms with Crippen LogP contribution in [0.2, 0.25) is 0 Å². The van der Waals surface area contributed by atoms with E-state index in [0.29, 0.717) is 0 Å². The van der Waals surface area contributed by atoms with Crippen LogP contribution in [0.5, 0.6) is 0 Å². The van der Waals surface area contributed by atoms with Crippen molar-refractivity contribution >= 4 is 28.4 Å². The maximum atomic E-state index is 4.94. The summed E-state index contributed by atoms with van der Waals surface area (Å²) in [6.45, 7) is 0.912. The largest absolute Gasteiger partial charge is 0.324 e. The standard InChI is InChI=1S/C21H16N2/c1-2-7-17-13-18(10-9-15(17)5-1)19-14-23-20-8-4-3-6-16(20)11-12-21(23)22-19/h1-13,19H,14H2/t19-/m0/s1. The average Bonchev–Trinajstić information content (AvgIpc) is 3.06. The fourth-order valence-corrected chi connectivity index (χ4v) is 3.53. The van der Waals surface area contributed by atoms with E-state index in [1.165, 1.54) is 27.6 Å². The number of benzene rings is 3. The van der Waals surface area contributed by atoms with E-state index in [-0.39, 0.29) is 6.04 Å². The van der Waals surface area contributed by atoms with Crippen molar-refractivity contribution in [3.63, 3.8) is 0 Å². The van der Waals surface area contributed by atoms with Crippen LogP contribution in [0.3, 0.4) is 0 Å². The summed E-state index contributed by atoms with van der Waals surface area (Å²) in [6, 6.07) is 23.9. The molecule has 2 aliphatic heterocycles. The molecule has 0 unspecified atom stereocenters.